The number of hydrogen-bond donors (Lipinski definition) is 0. The largest absolute Gasteiger partial charge is 0.497 e. The maximum Gasteiger partial charge on any atom is 0.351 e. The van der Waals surface area contributed by atoms with Gasteiger partial charge < -0.3 is 18.9 Å². The second kappa shape index (κ2) is 13.2. The zero-order valence-electron chi connectivity index (χ0n) is 25.5. The third kappa shape index (κ3) is 5.82. The molecule has 1 aliphatic rings. The Bertz CT molecular complexity index is 1830. The van der Waals surface area contributed by atoms with E-state index in [1.807, 2.05) is 85.8 Å². The monoisotopic (exact) mass is 620 g/mol. The van der Waals surface area contributed by atoms with Crippen LogP contribution in [0, 0.1) is 6.92 Å². The summed E-state index contributed by atoms with van der Waals surface area (Å²) in [7, 11) is 3.24. The van der Waals surface area contributed by atoms with E-state index in [1.54, 1.807) is 20.4 Å². The first-order valence-electron chi connectivity index (χ1n) is 14.6. The number of ether oxygens (including phenoxy) is 4. The first kappa shape index (κ1) is 30.5. The summed E-state index contributed by atoms with van der Waals surface area (Å²) in [5, 5.41) is 8.12. The molecule has 13 nitrogen and oxygen atoms in total. The lowest BCUT2D eigenvalue weighted by Gasteiger charge is -2.37. The molecule has 0 aliphatic carbocycles. The Labute approximate surface area is 264 Å². The molecule has 1 aliphatic heterocycles. The molecule has 0 spiro atoms. The number of aryl methyl sites for hydroxylation is 1. The third-order valence-corrected chi connectivity index (χ3v) is 8.10. The lowest BCUT2D eigenvalue weighted by Crippen LogP contribution is -2.37. The third-order valence-electron chi connectivity index (χ3n) is 8.10. The lowest BCUT2D eigenvalue weighted by atomic mass is 9.80. The first-order valence-corrected chi connectivity index (χ1v) is 14.6. The molecule has 3 atom stereocenters. The van der Waals surface area contributed by atoms with E-state index < -0.39 is 29.7 Å². The van der Waals surface area contributed by atoms with Crippen LogP contribution in [0.15, 0.2) is 108 Å². The molecule has 0 bridgehead atoms. The van der Waals surface area contributed by atoms with Crippen LogP contribution in [-0.2, 0) is 15.1 Å². The maximum absolute atomic E-state index is 13.2. The van der Waals surface area contributed by atoms with E-state index >= 15 is 0 Å². The standard InChI is InChI=1S/C33H32N8O5/c1-22-18-40(32(42)37-31(22)41-21-35-20-36-41)30-17-28(38-39-34)29(46-30)19-45-33(23-7-5-4-6-8-23,24-9-13-26(43-2)14-10-24)25-11-15-27(44-3)16-12-25/h4-16,18,20-21,28-30H,17,19H2,1-3H3/t28-,29-,30-/m1/s1. The number of benzene rings is 3. The van der Waals surface area contributed by atoms with Crippen molar-refractivity contribution < 1.29 is 18.9 Å². The topological polar surface area (TPSA) is 151 Å². The molecule has 234 valence electrons. The Balaban J connectivity index is 1.38. The van der Waals surface area contributed by atoms with Gasteiger partial charge in [-0.05, 0) is 53.4 Å². The molecule has 1 fully saturated rings. The van der Waals surface area contributed by atoms with Crippen molar-refractivity contribution in [3.63, 3.8) is 0 Å². The second-order valence-electron chi connectivity index (χ2n) is 10.7. The summed E-state index contributed by atoms with van der Waals surface area (Å²) in [6.45, 7) is 1.85. The van der Waals surface area contributed by atoms with Crippen LogP contribution in [0.2, 0.25) is 0 Å². The van der Waals surface area contributed by atoms with Crippen LogP contribution in [0.5, 0.6) is 11.5 Å². The Hall–Kier alpha value is -5.49. The normalized spacial score (nSPS) is 17.8. The molecule has 2 aromatic heterocycles. The van der Waals surface area contributed by atoms with Crippen molar-refractivity contribution in [2.45, 2.75) is 37.3 Å². The van der Waals surface area contributed by atoms with Gasteiger partial charge in [-0.1, -0.05) is 59.7 Å². The van der Waals surface area contributed by atoms with Crippen LogP contribution in [0.25, 0.3) is 16.3 Å². The van der Waals surface area contributed by atoms with Crippen molar-refractivity contribution >= 4 is 0 Å². The van der Waals surface area contributed by atoms with Crippen molar-refractivity contribution in [2.75, 3.05) is 20.8 Å². The van der Waals surface area contributed by atoms with Crippen LogP contribution in [0.1, 0.15) is 34.9 Å². The fraction of sp³-hybridized carbons (Fsp3) is 0.273. The van der Waals surface area contributed by atoms with Gasteiger partial charge in [0, 0.05) is 23.1 Å². The predicted octanol–water partition coefficient (Wildman–Crippen LogP) is 5.12. The number of methoxy groups -OCH3 is 2. The van der Waals surface area contributed by atoms with E-state index in [0.29, 0.717) is 22.9 Å². The Morgan fingerprint density at radius 2 is 1.61 bits per heavy atom. The fourth-order valence-electron chi connectivity index (χ4n) is 5.82. The highest BCUT2D eigenvalue weighted by molar-refractivity contribution is 5.49. The zero-order valence-corrected chi connectivity index (χ0v) is 25.5. The van der Waals surface area contributed by atoms with Crippen LogP contribution in [0.4, 0.5) is 0 Å². The van der Waals surface area contributed by atoms with E-state index in [2.05, 4.69) is 25.1 Å². The summed E-state index contributed by atoms with van der Waals surface area (Å²) in [6, 6.07) is 24.6. The van der Waals surface area contributed by atoms with Gasteiger partial charge in [-0.3, -0.25) is 4.57 Å². The predicted molar refractivity (Wildman–Crippen MR) is 168 cm³/mol. The summed E-state index contributed by atoms with van der Waals surface area (Å²) in [4.78, 5) is 24.4. The molecule has 0 saturated carbocycles. The summed E-state index contributed by atoms with van der Waals surface area (Å²) < 4.78 is 27.1. The van der Waals surface area contributed by atoms with Gasteiger partial charge in [-0.2, -0.15) is 10.1 Å². The van der Waals surface area contributed by atoms with Crippen molar-refractivity contribution in [3.05, 3.63) is 141 Å². The number of nitrogens with zero attached hydrogens (tertiary/aromatic N) is 8. The first-order chi connectivity index (χ1) is 22.5. The number of azide groups is 1. The number of hydrogen-bond acceptors (Lipinski definition) is 9. The van der Waals surface area contributed by atoms with Gasteiger partial charge >= 0.3 is 5.69 Å². The Morgan fingerprint density at radius 3 is 2.17 bits per heavy atom. The quantitative estimate of drug-likeness (QED) is 0.0854. The minimum Gasteiger partial charge on any atom is -0.497 e. The average molecular weight is 621 g/mol. The van der Waals surface area contributed by atoms with Gasteiger partial charge in [0.05, 0.1) is 33.0 Å². The van der Waals surface area contributed by atoms with Crippen LogP contribution in [0.3, 0.4) is 0 Å². The molecule has 1 saturated heterocycles. The minimum atomic E-state index is -1.10. The van der Waals surface area contributed by atoms with E-state index in [4.69, 9.17) is 18.9 Å². The Morgan fingerprint density at radius 1 is 0.978 bits per heavy atom. The van der Waals surface area contributed by atoms with Gasteiger partial charge in [0.15, 0.2) is 5.82 Å². The molecule has 46 heavy (non-hydrogen) atoms. The smallest absolute Gasteiger partial charge is 0.351 e. The SMILES string of the molecule is COc1ccc(C(OC[C@H]2O[C@@H](n3cc(C)c(-n4cncn4)nc3=O)C[C@H]2N=[N+]=[N-])(c2ccccc2)c2ccc(OC)cc2)cc1. The molecule has 13 heteroatoms. The van der Waals surface area contributed by atoms with Gasteiger partial charge in [-0.25, -0.2) is 14.5 Å². The molecule has 3 aromatic carbocycles. The van der Waals surface area contributed by atoms with Crippen LogP contribution >= 0.6 is 0 Å². The molecule has 3 heterocycles. The average Bonchev–Trinajstić information content (AvgIpc) is 3.78. The maximum atomic E-state index is 13.2. The highest BCUT2D eigenvalue weighted by Gasteiger charge is 2.42. The van der Waals surface area contributed by atoms with Gasteiger partial charge in [0.2, 0.25) is 0 Å². The molecular formula is C33H32N8O5. The van der Waals surface area contributed by atoms with Crippen molar-refractivity contribution in [2.24, 2.45) is 5.11 Å². The number of aromatic nitrogens is 5. The molecular weight excluding hydrogens is 588 g/mol. The lowest BCUT2D eigenvalue weighted by molar-refractivity contribution is -0.0796. The van der Waals surface area contributed by atoms with Gasteiger partial charge in [-0.15, -0.1) is 0 Å². The van der Waals surface area contributed by atoms with E-state index in [0.717, 1.165) is 16.7 Å². The van der Waals surface area contributed by atoms with E-state index in [9.17, 15) is 10.3 Å². The van der Waals surface area contributed by atoms with E-state index in [1.165, 1.54) is 21.9 Å². The van der Waals surface area contributed by atoms with Gasteiger partial charge in [0.1, 0.15) is 36.0 Å². The summed E-state index contributed by atoms with van der Waals surface area (Å²) in [6.07, 6.45) is 3.35. The summed E-state index contributed by atoms with van der Waals surface area (Å²) >= 11 is 0. The molecule has 5 aromatic rings. The molecule has 0 amide bonds. The minimum absolute atomic E-state index is 0.0331. The second-order valence-corrected chi connectivity index (χ2v) is 10.7. The van der Waals surface area contributed by atoms with Crippen LogP contribution in [-0.4, -0.2) is 57.3 Å². The van der Waals surface area contributed by atoms with Crippen LogP contribution < -0.4 is 15.2 Å². The highest BCUT2D eigenvalue weighted by Crippen LogP contribution is 2.43. The molecule has 0 unspecified atom stereocenters. The molecule has 6 rings (SSSR count). The molecule has 0 radical (unpaired) electrons. The Kier molecular flexibility index (Phi) is 8.79. The zero-order chi connectivity index (χ0) is 32.1. The van der Waals surface area contributed by atoms with Crippen molar-refractivity contribution in [1.29, 1.82) is 0 Å². The van der Waals surface area contributed by atoms with Crippen molar-refractivity contribution in [3.8, 4) is 17.3 Å². The summed E-state index contributed by atoms with van der Waals surface area (Å²) in [5.74, 6) is 1.78. The fourth-order valence-corrected chi connectivity index (χ4v) is 5.82. The highest BCUT2D eigenvalue weighted by atomic mass is 16.6. The van der Waals surface area contributed by atoms with Gasteiger partial charge in [0.25, 0.3) is 0 Å². The summed E-state index contributed by atoms with van der Waals surface area (Å²) in [5.41, 5.74) is 11.1. The number of rotatable bonds is 11. The van der Waals surface area contributed by atoms with Crippen molar-refractivity contribution in [1.82, 2.24) is 24.3 Å². The molecule has 0 N–H and O–H groups in total. The van der Waals surface area contributed by atoms with E-state index in [-0.39, 0.29) is 13.0 Å².